The summed E-state index contributed by atoms with van der Waals surface area (Å²) in [6, 6.07) is -0.249. The number of carbonyl (C=O) groups excluding carboxylic acids is 2. The van der Waals surface area contributed by atoms with Gasteiger partial charge in [0.05, 0.1) is 12.5 Å². The van der Waals surface area contributed by atoms with Crippen LogP contribution in [-0.2, 0) is 32.0 Å². The molecule has 0 radical (unpaired) electrons. The molecule has 1 saturated heterocycles. The van der Waals surface area contributed by atoms with Gasteiger partial charge in [-0.15, -0.1) is 0 Å². The number of carboxylic acids is 2. The van der Waals surface area contributed by atoms with Gasteiger partial charge < -0.3 is 30.8 Å². The third-order valence-electron chi connectivity index (χ3n) is 8.81. The second kappa shape index (κ2) is 14.5. The van der Waals surface area contributed by atoms with E-state index in [1.165, 1.54) is 5.41 Å². The third-order valence-corrected chi connectivity index (χ3v) is 9.22. The van der Waals surface area contributed by atoms with Crippen molar-refractivity contribution in [1.82, 2.24) is 20.6 Å². The number of nitrogens with one attached hydrogen (secondary N) is 4. The molecule has 4 rings (SSSR count). The van der Waals surface area contributed by atoms with Crippen LogP contribution in [0.1, 0.15) is 66.9 Å². The minimum atomic E-state index is -0.969. The van der Waals surface area contributed by atoms with Gasteiger partial charge in [-0.3, -0.25) is 19.2 Å². The molecular weight excluding hydrogens is 613 g/mol. The highest BCUT2D eigenvalue weighted by atomic mass is 32.1. The van der Waals surface area contributed by atoms with E-state index in [0.717, 1.165) is 51.0 Å². The summed E-state index contributed by atoms with van der Waals surface area (Å²) >= 11 is 8.48. The lowest BCUT2D eigenvalue weighted by molar-refractivity contribution is -0.137. The molecule has 2 amide bonds. The van der Waals surface area contributed by atoms with Crippen LogP contribution in [0.5, 0.6) is 0 Å². The molecule has 0 unspecified atom stereocenters. The number of carboxylic acid groups (broad SMARTS) is 2. The van der Waals surface area contributed by atoms with Crippen LogP contribution in [0.2, 0.25) is 0 Å². The molecule has 3 atom stereocenters. The van der Waals surface area contributed by atoms with E-state index in [4.69, 9.17) is 0 Å². The van der Waals surface area contributed by atoms with Crippen LogP contribution < -0.4 is 21.2 Å². The van der Waals surface area contributed by atoms with E-state index < -0.39 is 11.9 Å². The van der Waals surface area contributed by atoms with Crippen LogP contribution in [0.25, 0.3) is 18.2 Å². The van der Waals surface area contributed by atoms with E-state index in [0.29, 0.717) is 28.8 Å². The Bertz CT molecular complexity index is 1750. The molecule has 2 aliphatic heterocycles. The van der Waals surface area contributed by atoms with E-state index in [2.05, 4.69) is 45.9 Å². The molecule has 12 heteroatoms. The van der Waals surface area contributed by atoms with E-state index in [-0.39, 0.29) is 49.0 Å². The molecule has 2 aromatic heterocycles. The third kappa shape index (κ3) is 7.50. The summed E-state index contributed by atoms with van der Waals surface area (Å²) in [5, 5.41) is 27.8. The number of hydrogen-bond acceptors (Lipinski definition) is 6. The second-order valence-electron chi connectivity index (χ2n) is 11.6. The highest BCUT2D eigenvalue weighted by Gasteiger charge is 2.35. The van der Waals surface area contributed by atoms with Gasteiger partial charge in [0.1, 0.15) is 0 Å². The summed E-state index contributed by atoms with van der Waals surface area (Å²) in [6.07, 6.45) is 8.32. The van der Waals surface area contributed by atoms with Crippen molar-refractivity contribution < 1.29 is 29.4 Å². The van der Waals surface area contributed by atoms with Crippen molar-refractivity contribution in [1.29, 1.82) is 0 Å². The number of H-pyrrole nitrogens is 2. The van der Waals surface area contributed by atoms with E-state index in [9.17, 15) is 29.4 Å². The molecule has 6 N–H and O–H groups in total. The second-order valence-corrected chi connectivity index (χ2v) is 12.3. The molecule has 2 aliphatic rings. The van der Waals surface area contributed by atoms with Crippen LogP contribution in [0, 0.1) is 25.7 Å². The van der Waals surface area contributed by atoms with Crippen LogP contribution in [0.4, 0.5) is 0 Å². The van der Waals surface area contributed by atoms with Gasteiger partial charge in [0.25, 0.3) is 5.91 Å². The first-order valence-electron chi connectivity index (χ1n) is 14.9. The smallest absolute Gasteiger partial charge is 0.307 e. The molecule has 1 fully saturated rings. The monoisotopic (exact) mass is 652 g/mol. The number of thiol groups is 2. The van der Waals surface area contributed by atoms with Crippen molar-refractivity contribution in [3.8, 4) is 0 Å². The summed E-state index contributed by atoms with van der Waals surface area (Å²) in [6.45, 7) is 7.63. The largest absolute Gasteiger partial charge is 0.481 e. The van der Waals surface area contributed by atoms with Gasteiger partial charge in [0, 0.05) is 58.4 Å². The Kier molecular flexibility index (Phi) is 10.9. The maximum Gasteiger partial charge on any atom is 0.307 e. The van der Waals surface area contributed by atoms with Crippen molar-refractivity contribution in [2.45, 2.75) is 65.8 Å². The fraction of sp³-hybridized carbons (Fsp3) is 0.394. The molecular formula is C33H40N4O6S2. The molecule has 2 aromatic rings. The van der Waals surface area contributed by atoms with Crippen molar-refractivity contribution >= 4 is 67.2 Å². The van der Waals surface area contributed by atoms with Crippen LogP contribution >= 0.6 is 25.3 Å². The molecule has 0 bridgehead atoms. The summed E-state index contributed by atoms with van der Waals surface area (Å²) in [7, 11) is 0. The highest BCUT2D eigenvalue weighted by molar-refractivity contribution is 7.83. The van der Waals surface area contributed by atoms with Crippen molar-refractivity contribution in [2.24, 2.45) is 11.8 Å². The van der Waals surface area contributed by atoms with Gasteiger partial charge >= 0.3 is 11.9 Å². The lowest BCUT2D eigenvalue weighted by Crippen LogP contribution is -2.30. The number of aromatic amines is 2. The highest BCUT2D eigenvalue weighted by Crippen LogP contribution is 2.32. The zero-order valence-corrected chi connectivity index (χ0v) is 27.6. The molecule has 240 valence electrons. The topological polar surface area (TPSA) is 164 Å². The number of amides is 2. The first-order valence-corrected chi connectivity index (χ1v) is 16.0. The SMILES string of the molecule is CC1=C(/C=C\S)C(=O)N[C@@H]1Cc1[nH]c(=C/c2[nH]c(/C=C3\NC(=O)[C@H](C)[C@H]3CCS)c(C)c2CCC(=O)O)/c(=C/CC(=O)O)c1C. The lowest BCUT2D eigenvalue weighted by Gasteiger charge is -2.12. The fourth-order valence-corrected chi connectivity index (χ4v) is 6.58. The molecule has 0 saturated carbocycles. The fourth-order valence-electron chi connectivity index (χ4n) is 6.15. The Morgan fingerprint density at radius 2 is 1.73 bits per heavy atom. The zero-order chi connectivity index (χ0) is 33.0. The predicted octanol–water partition coefficient (Wildman–Crippen LogP) is 2.90. The molecule has 4 heterocycles. The van der Waals surface area contributed by atoms with Gasteiger partial charge in [0.2, 0.25) is 5.91 Å². The molecule has 0 spiro atoms. The number of allylic oxidation sites excluding steroid dienone is 1. The van der Waals surface area contributed by atoms with E-state index >= 15 is 0 Å². The minimum Gasteiger partial charge on any atom is -0.481 e. The number of hydrogen-bond donors (Lipinski definition) is 8. The van der Waals surface area contributed by atoms with E-state index in [1.807, 2.05) is 39.8 Å². The number of rotatable bonds is 12. The maximum absolute atomic E-state index is 12.5. The normalized spacial score (nSPS) is 21.9. The Balaban J connectivity index is 1.85. The van der Waals surface area contributed by atoms with Gasteiger partial charge in [-0.2, -0.15) is 25.3 Å². The first kappa shape index (κ1) is 34.0. The van der Waals surface area contributed by atoms with Crippen molar-refractivity contribution in [2.75, 3.05) is 5.75 Å². The van der Waals surface area contributed by atoms with Crippen LogP contribution in [0.15, 0.2) is 28.3 Å². The zero-order valence-electron chi connectivity index (χ0n) is 25.8. The standard InChI is InChI=1S/C33H40N4O6S2/c1-16-20(5-7-30(38)39)27(34-24(16)13-26-18(3)23(10-12-45)33(43)36-26)15-28-21(6-8-31(40)41)17(2)25(35-28)14-29-22(9-11-44)19(4)32(42)37-29/h5,10,12,14-15,19,22,26,34-35,44-45H,6-9,11,13H2,1-4H3,(H,36,43)(H,37,42)(H,38,39)(H,40,41)/b12-10-,20-5+,27-15+,29-14-/t19-,22-,26-/m1/s1. The maximum atomic E-state index is 12.5. The lowest BCUT2D eigenvalue weighted by atomic mass is 9.91. The molecule has 10 nitrogen and oxygen atoms in total. The van der Waals surface area contributed by atoms with Crippen molar-refractivity contribution in [3.63, 3.8) is 0 Å². The van der Waals surface area contributed by atoms with Gasteiger partial charge in [-0.1, -0.05) is 13.0 Å². The van der Waals surface area contributed by atoms with Crippen molar-refractivity contribution in [3.05, 3.63) is 72.7 Å². The Labute approximate surface area is 272 Å². The molecule has 45 heavy (non-hydrogen) atoms. The first-order chi connectivity index (χ1) is 21.4. The quantitative estimate of drug-likeness (QED) is 0.164. The van der Waals surface area contributed by atoms with Gasteiger partial charge in [-0.05, 0) is 90.5 Å². The Hall–Kier alpha value is -3.90. The van der Waals surface area contributed by atoms with E-state index in [1.54, 1.807) is 12.2 Å². The summed E-state index contributed by atoms with van der Waals surface area (Å²) in [5.74, 6) is -1.66. The number of aliphatic carboxylic acids is 2. The van der Waals surface area contributed by atoms with Gasteiger partial charge in [-0.25, -0.2) is 0 Å². The number of aromatic nitrogens is 2. The predicted molar refractivity (Wildman–Crippen MR) is 180 cm³/mol. The summed E-state index contributed by atoms with van der Waals surface area (Å²) < 4.78 is 0. The molecule has 0 aromatic carbocycles. The Morgan fingerprint density at radius 1 is 1.00 bits per heavy atom. The summed E-state index contributed by atoms with van der Waals surface area (Å²) in [5.41, 5.74) is 7.08. The average Bonchev–Trinajstić information content (AvgIpc) is 3.61. The minimum absolute atomic E-state index is 0.00390. The average molecular weight is 653 g/mol. The summed E-state index contributed by atoms with van der Waals surface area (Å²) in [4.78, 5) is 55.0. The van der Waals surface area contributed by atoms with Crippen LogP contribution in [0.3, 0.4) is 0 Å². The van der Waals surface area contributed by atoms with Gasteiger partial charge in [0.15, 0.2) is 0 Å². The number of carbonyl (C=O) groups is 4. The van der Waals surface area contributed by atoms with Crippen LogP contribution in [-0.4, -0.2) is 55.7 Å². The Morgan fingerprint density at radius 3 is 2.38 bits per heavy atom. The molecule has 0 aliphatic carbocycles.